The number of carboxylic acid groups (broad SMARTS) is 1. The minimum absolute atomic E-state index is 0.0172. The largest absolute Gasteiger partial charge is 0.478 e. The molecular formula is C27H25FN4O3. The number of aromatic carboxylic acids is 1. The first-order valence-electron chi connectivity index (χ1n) is 11.6. The van der Waals surface area contributed by atoms with Crippen LogP contribution in [-0.4, -0.2) is 39.8 Å². The quantitative estimate of drug-likeness (QED) is 0.434. The molecule has 1 saturated heterocycles. The van der Waals surface area contributed by atoms with Crippen molar-refractivity contribution >= 4 is 28.5 Å². The summed E-state index contributed by atoms with van der Waals surface area (Å²) >= 11 is 0. The van der Waals surface area contributed by atoms with Crippen LogP contribution in [0, 0.1) is 5.82 Å². The summed E-state index contributed by atoms with van der Waals surface area (Å²) in [5, 5.41) is 13.4. The lowest BCUT2D eigenvalue weighted by Crippen LogP contribution is -2.45. The highest BCUT2D eigenvalue weighted by Crippen LogP contribution is 2.24. The third-order valence-electron chi connectivity index (χ3n) is 6.32. The second kappa shape index (κ2) is 9.58. The van der Waals surface area contributed by atoms with Gasteiger partial charge < -0.3 is 15.3 Å². The highest BCUT2D eigenvalue weighted by atomic mass is 19.1. The van der Waals surface area contributed by atoms with Crippen LogP contribution in [-0.2, 0) is 6.54 Å². The van der Waals surface area contributed by atoms with Gasteiger partial charge in [0.25, 0.3) is 5.56 Å². The molecule has 178 valence electrons. The molecule has 1 aliphatic heterocycles. The van der Waals surface area contributed by atoms with Gasteiger partial charge >= 0.3 is 5.97 Å². The fourth-order valence-electron chi connectivity index (χ4n) is 4.65. The van der Waals surface area contributed by atoms with Crippen molar-refractivity contribution in [2.24, 2.45) is 0 Å². The molecule has 35 heavy (non-hydrogen) atoms. The van der Waals surface area contributed by atoms with E-state index in [9.17, 15) is 19.1 Å². The summed E-state index contributed by atoms with van der Waals surface area (Å²) in [6.45, 7) is 1.34. The fourth-order valence-corrected chi connectivity index (χ4v) is 4.65. The summed E-state index contributed by atoms with van der Waals surface area (Å²) < 4.78 is 15.5. The summed E-state index contributed by atoms with van der Waals surface area (Å²) in [4.78, 5) is 32.2. The summed E-state index contributed by atoms with van der Waals surface area (Å²) in [7, 11) is 0. The number of hydrogen-bond acceptors (Lipinski definition) is 5. The van der Waals surface area contributed by atoms with Crippen molar-refractivity contribution in [2.45, 2.75) is 25.4 Å². The van der Waals surface area contributed by atoms with Gasteiger partial charge in [-0.05, 0) is 54.8 Å². The first kappa shape index (κ1) is 22.6. The first-order chi connectivity index (χ1) is 17.0. The Bertz CT molecular complexity index is 1440. The van der Waals surface area contributed by atoms with Crippen LogP contribution in [0.4, 0.5) is 16.0 Å². The van der Waals surface area contributed by atoms with Crippen molar-refractivity contribution in [2.75, 3.05) is 23.3 Å². The lowest BCUT2D eigenvalue weighted by atomic mass is 10.1. The molecule has 2 heterocycles. The molecule has 4 aromatic rings. The number of aromatic nitrogens is 2. The molecule has 1 aliphatic rings. The van der Waals surface area contributed by atoms with E-state index in [1.807, 2.05) is 30.3 Å². The zero-order valence-corrected chi connectivity index (χ0v) is 19.0. The van der Waals surface area contributed by atoms with E-state index in [1.165, 1.54) is 28.8 Å². The van der Waals surface area contributed by atoms with Crippen molar-refractivity contribution in [1.29, 1.82) is 0 Å². The molecular weight excluding hydrogens is 447 g/mol. The molecule has 1 atom stereocenters. The number of nitrogens with one attached hydrogen (secondary N) is 1. The van der Waals surface area contributed by atoms with Crippen LogP contribution < -0.4 is 15.8 Å². The zero-order chi connectivity index (χ0) is 24.4. The molecule has 5 rings (SSSR count). The summed E-state index contributed by atoms with van der Waals surface area (Å²) in [5.74, 6) is -1.14. The van der Waals surface area contributed by atoms with Gasteiger partial charge in [-0.1, -0.05) is 36.4 Å². The van der Waals surface area contributed by atoms with Gasteiger partial charge in [-0.2, -0.15) is 0 Å². The SMILES string of the molecule is O=C(O)c1ccccc1Cn1c(N2CCCC(Nc3ccccc3)C2)nc2ccc(F)cc2c1=O. The molecule has 0 radical (unpaired) electrons. The third-order valence-corrected chi connectivity index (χ3v) is 6.32. The number of para-hydroxylation sites is 1. The topological polar surface area (TPSA) is 87.5 Å². The molecule has 7 nitrogen and oxygen atoms in total. The van der Waals surface area contributed by atoms with E-state index in [4.69, 9.17) is 4.98 Å². The molecule has 0 aliphatic carbocycles. The lowest BCUT2D eigenvalue weighted by Gasteiger charge is -2.35. The van der Waals surface area contributed by atoms with Gasteiger partial charge in [0.2, 0.25) is 5.95 Å². The Labute approximate surface area is 201 Å². The molecule has 8 heteroatoms. The second-order valence-corrected chi connectivity index (χ2v) is 8.72. The molecule has 3 aromatic carbocycles. The van der Waals surface area contributed by atoms with E-state index < -0.39 is 17.3 Å². The van der Waals surface area contributed by atoms with Crippen LogP contribution in [0.25, 0.3) is 10.9 Å². The van der Waals surface area contributed by atoms with Gasteiger partial charge in [-0.25, -0.2) is 14.2 Å². The number of piperidine rings is 1. The summed E-state index contributed by atoms with van der Waals surface area (Å²) in [6.07, 6.45) is 1.86. The van der Waals surface area contributed by atoms with Gasteiger partial charge in [0.1, 0.15) is 5.82 Å². The van der Waals surface area contributed by atoms with E-state index in [2.05, 4.69) is 10.2 Å². The van der Waals surface area contributed by atoms with E-state index in [0.717, 1.165) is 18.5 Å². The number of anilines is 2. The van der Waals surface area contributed by atoms with Crippen LogP contribution >= 0.6 is 0 Å². The van der Waals surface area contributed by atoms with Gasteiger partial charge in [0.05, 0.1) is 23.0 Å². The molecule has 0 saturated carbocycles. The fraction of sp³-hybridized carbons (Fsp3) is 0.222. The predicted molar refractivity (Wildman–Crippen MR) is 134 cm³/mol. The molecule has 0 amide bonds. The maximum atomic E-state index is 14.0. The highest BCUT2D eigenvalue weighted by Gasteiger charge is 2.25. The van der Waals surface area contributed by atoms with Gasteiger partial charge in [0, 0.05) is 24.8 Å². The van der Waals surface area contributed by atoms with Crippen molar-refractivity contribution in [3.63, 3.8) is 0 Å². The summed E-state index contributed by atoms with van der Waals surface area (Å²) in [5.41, 5.74) is 1.63. The molecule has 1 fully saturated rings. The molecule has 0 bridgehead atoms. The number of rotatable bonds is 6. The van der Waals surface area contributed by atoms with Crippen LogP contribution in [0.1, 0.15) is 28.8 Å². The normalized spacial score (nSPS) is 15.8. The number of halogens is 1. The number of fused-ring (bicyclic) bond motifs is 1. The van der Waals surface area contributed by atoms with Gasteiger partial charge in [0.15, 0.2) is 0 Å². The zero-order valence-electron chi connectivity index (χ0n) is 19.0. The molecule has 1 aromatic heterocycles. The smallest absolute Gasteiger partial charge is 0.336 e. The number of nitrogens with zero attached hydrogens (tertiary/aromatic N) is 3. The van der Waals surface area contributed by atoms with E-state index in [1.54, 1.807) is 18.2 Å². The van der Waals surface area contributed by atoms with Crippen molar-refractivity contribution in [1.82, 2.24) is 9.55 Å². The Morgan fingerprint density at radius 1 is 1.09 bits per heavy atom. The van der Waals surface area contributed by atoms with Crippen molar-refractivity contribution in [3.05, 3.63) is 100 Å². The van der Waals surface area contributed by atoms with Crippen molar-refractivity contribution < 1.29 is 14.3 Å². The van der Waals surface area contributed by atoms with Crippen LogP contribution in [0.2, 0.25) is 0 Å². The number of carbonyl (C=O) groups is 1. The standard InChI is InChI=1S/C27H25FN4O3/c28-19-12-13-24-23(15-19)25(33)32(16-18-7-4-5-11-22(18)26(34)35)27(30-24)31-14-6-10-21(17-31)29-20-8-2-1-3-9-20/h1-5,7-9,11-13,15,21,29H,6,10,14,16-17H2,(H,34,35). The predicted octanol–water partition coefficient (Wildman–Crippen LogP) is 4.36. The molecule has 1 unspecified atom stereocenters. The van der Waals surface area contributed by atoms with E-state index >= 15 is 0 Å². The number of hydrogen-bond donors (Lipinski definition) is 2. The maximum Gasteiger partial charge on any atom is 0.336 e. The highest BCUT2D eigenvalue weighted by molar-refractivity contribution is 5.89. The first-order valence-corrected chi connectivity index (χ1v) is 11.6. The van der Waals surface area contributed by atoms with E-state index in [0.29, 0.717) is 30.1 Å². The average Bonchev–Trinajstić information content (AvgIpc) is 2.87. The van der Waals surface area contributed by atoms with Gasteiger partial charge in [-0.3, -0.25) is 9.36 Å². The lowest BCUT2D eigenvalue weighted by molar-refractivity contribution is 0.0695. The van der Waals surface area contributed by atoms with Gasteiger partial charge in [-0.15, -0.1) is 0 Å². The number of carboxylic acids is 1. The Balaban J connectivity index is 1.57. The minimum Gasteiger partial charge on any atom is -0.478 e. The van der Waals surface area contributed by atoms with Crippen molar-refractivity contribution in [3.8, 4) is 0 Å². The third kappa shape index (κ3) is 4.73. The Hall–Kier alpha value is -4.20. The Morgan fingerprint density at radius 3 is 2.66 bits per heavy atom. The molecule has 0 spiro atoms. The monoisotopic (exact) mass is 472 g/mol. The minimum atomic E-state index is -1.07. The second-order valence-electron chi connectivity index (χ2n) is 8.72. The molecule has 2 N–H and O–H groups in total. The van der Waals surface area contributed by atoms with Crippen LogP contribution in [0.5, 0.6) is 0 Å². The average molecular weight is 473 g/mol. The Morgan fingerprint density at radius 2 is 1.86 bits per heavy atom. The van der Waals surface area contributed by atoms with E-state index in [-0.39, 0.29) is 23.5 Å². The number of benzene rings is 3. The van der Waals surface area contributed by atoms with Crippen LogP contribution in [0.3, 0.4) is 0 Å². The maximum absolute atomic E-state index is 14.0. The van der Waals surface area contributed by atoms with Crippen LogP contribution in [0.15, 0.2) is 77.6 Å². The Kier molecular flexibility index (Phi) is 6.18. The summed E-state index contributed by atoms with van der Waals surface area (Å²) in [6, 6.07) is 20.7.